The number of nitrogens with one attached hydrogen (secondary N) is 1. The van der Waals surface area contributed by atoms with Gasteiger partial charge in [-0.15, -0.1) is 0 Å². The van der Waals surface area contributed by atoms with Crippen LogP contribution in [-0.4, -0.2) is 24.9 Å². The quantitative estimate of drug-likeness (QED) is 0.685. The topological polar surface area (TPSA) is 66.5 Å². The molecule has 152 valence electrons. The van der Waals surface area contributed by atoms with Crippen molar-refractivity contribution in [2.45, 2.75) is 13.8 Å². The molecule has 0 fully saturated rings. The van der Waals surface area contributed by atoms with E-state index < -0.39 is 0 Å². The van der Waals surface area contributed by atoms with Gasteiger partial charge in [0.05, 0.1) is 5.69 Å². The zero-order valence-electron chi connectivity index (χ0n) is 17.1. The summed E-state index contributed by atoms with van der Waals surface area (Å²) in [4.78, 5) is 39.5. The van der Waals surface area contributed by atoms with E-state index in [0.29, 0.717) is 11.1 Å². The molecule has 2 amide bonds. The van der Waals surface area contributed by atoms with Crippen LogP contribution >= 0.6 is 0 Å². The van der Waals surface area contributed by atoms with Crippen LogP contribution < -0.4 is 15.6 Å². The van der Waals surface area contributed by atoms with Crippen molar-refractivity contribution in [1.82, 2.24) is 5.32 Å². The molecule has 0 atom stereocenters. The lowest BCUT2D eigenvalue weighted by atomic mass is 10.1. The highest BCUT2D eigenvalue weighted by Gasteiger charge is 2.19. The highest BCUT2D eigenvalue weighted by atomic mass is 16.2. The molecule has 0 aliphatic heterocycles. The third-order valence-corrected chi connectivity index (χ3v) is 4.75. The number of rotatable bonds is 6. The number of carbonyl (C=O) groups is 2. The summed E-state index contributed by atoms with van der Waals surface area (Å²) in [7, 11) is 0. The third-order valence-electron chi connectivity index (χ3n) is 4.75. The first-order valence-corrected chi connectivity index (χ1v) is 9.78. The molecule has 0 unspecified atom stereocenters. The van der Waals surface area contributed by atoms with Crippen LogP contribution in [0.2, 0.25) is 0 Å². The molecule has 3 rings (SSSR count). The predicted molar refractivity (Wildman–Crippen MR) is 119 cm³/mol. The summed E-state index contributed by atoms with van der Waals surface area (Å²) in [6.45, 7) is 4.28. The lowest BCUT2D eigenvalue weighted by Gasteiger charge is -2.22. The van der Waals surface area contributed by atoms with Gasteiger partial charge in [0.15, 0.2) is 0 Å². The van der Waals surface area contributed by atoms with Crippen LogP contribution in [0.4, 0.5) is 5.69 Å². The molecule has 0 saturated heterocycles. The maximum absolute atomic E-state index is 13.2. The Labute approximate surface area is 176 Å². The number of carbonyl (C=O) groups excluding carboxylic acids is 2. The lowest BCUT2D eigenvalue weighted by Crippen LogP contribution is -2.40. The van der Waals surface area contributed by atoms with E-state index in [9.17, 15) is 14.4 Å². The zero-order valence-corrected chi connectivity index (χ0v) is 17.1. The van der Waals surface area contributed by atoms with Gasteiger partial charge in [0, 0.05) is 24.2 Å². The van der Waals surface area contributed by atoms with E-state index in [1.54, 1.807) is 48.5 Å². The minimum absolute atomic E-state index is 0.170. The van der Waals surface area contributed by atoms with Crippen LogP contribution in [-0.2, 0) is 0 Å². The summed E-state index contributed by atoms with van der Waals surface area (Å²) in [5, 5.41) is 2.83. The van der Waals surface area contributed by atoms with Crippen molar-refractivity contribution in [1.29, 1.82) is 0 Å². The molecule has 5 heteroatoms. The predicted octanol–water partition coefficient (Wildman–Crippen LogP) is 3.74. The van der Waals surface area contributed by atoms with E-state index in [2.05, 4.69) is 5.32 Å². The molecule has 0 aliphatic rings. The zero-order chi connectivity index (χ0) is 21.5. The fraction of sp³-hybridized carbons (Fsp3) is 0.160. The number of anilines is 1. The van der Waals surface area contributed by atoms with Crippen molar-refractivity contribution in [3.8, 4) is 0 Å². The maximum atomic E-state index is 13.2. The largest absolute Gasteiger partial charge is 0.350 e. The minimum Gasteiger partial charge on any atom is -0.350 e. The number of hydrogen-bond donors (Lipinski definition) is 1. The van der Waals surface area contributed by atoms with Gasteiger partial charge in [0.1, 0.15) is 0 Å². The monoisotopic (exact) mass is 400 g/mol. The number of aryl methyl sites for hydroxylation is 2. The van der Waals surface area contributed by atoms with Gasteiger partial charge in [-0.05, 0) is 50.2 Å². The highest BCUT2D eigenvalue weighted by molar-refractivity contribution is 6.06. The molecular formula is C25H24N2O3. The molecule has 3 aromatic rings. The van der Waals surface area contributed by atoms with Crippen LogP contribution in [0.5, 0.6) is 0 Å². The molecule has 0 aromatic heterocycles. The number of nitrogens with zero attached hydrogens (tertiary/aromatic N) is 1. The van der Waals surface area contributed by atoms with Crippen LogP contribution in [0, 0.1) is 13.8 Å². The number of benzene rings is 2. The fourth-order valence-electron chi connectivity index (χ4n) is 3.02. The summed E-state index contributed by atoms with van der Waals surface area (Å²) < 4.78 is 0. The van der Waals surface area contributed by atoms with E-state index in [-0.39, 0.29) is 36.0 Å². The molecule has 1 N–H and O–H groups in total. The molecule has 0 radical (unpaired) electrons. The van der Waals surface area contributed by atoms with E-state index >= 15 is 0 Å². The first-order chi connectivity index (χ1) is 14.5. The van der Waals surface area contributed by atoms with Gasteiger partial charge in [-0.1, -0.05) is 53.6 Å². The number of hydrogen-bond acceptors (Lipinski definition) is 3. The van der Waals surface area contributed by atoms with Gasteiger partial charge in [0.25, 0.3) is 11.8 Å². The van der Waals surface area contributed by atoms with E-state index in [4.69, 9.17) is 0 Å². The fourth-order valence-corrected chi connectivity index (χ4v) is 3.02. The Hall–Kier alpha value is -3.73. The van der Waals surface area contributed by atoms with Crippen LogP contribution in [0.25, 0.3) is 0 Å². The van der Waals surface area contributed by atoms with Crippen molar-refractivity contribution >= 4 is 17.5 Å². The normalized spacial score (nSPS) is 10.3. The molecule has 0 bridgehead atoms. The Balaban J connectivity index is 1.81. The van der Waals surface area contributed by atoms with Gasteiger partial charge >= 0.3 is 0 Å². The molecule has 0 aliphatic carbocycles. The summed E-state index contributed by atoms with van der Waals surface area (Å²) in [5.74, 6) is -0.512. The molecule has 3 aromatic carbocycles. The van der Waals surface area contributed by atoms with Crippen molar-refractivity contribution < 1.29 is 9.59 Å². The maximum Gasteiger partial charge on any atom is 0.258 e. The number of amides is 2. The Morgan fingerprint density at radius 3 is 1.97 bits per heavy atom. The van der Waals surface area contributed by atoms with Crippen molar-refractivity contribution in [3.63, 3.8) is 0 Å². The second-order valence-electron chi connectivity index (χ2n) is 7.10. The average Bonchev–Trinajstić information content (AvgIpc) is 2.96. The molecular weight excluding hydrogens is 376 g/mol. The van der Waals surface area contributed by atoms with Gasteiger partial charge in [-0.25, -0.2) is 0 Å². The molecule has 5 nitrogen and oxygen atoms in total. The Morgan fingerprint density at radius 1 is 0.767 bits per heavy atom. The second kappa shape index (κ2) is 9.65. The van der Waals surface area contributed by atoms with Gasteiger partial charge < -0.3 is 10.2 Å². The summed E-state index contributed by atoms with van der Waals surface area (Å²) >= 11 is 0. The lowest BCUT2D eigenvalue weighted by molar-refractivity contribution is 0.0943. The first kappa shape index (κ1) is 21.0. The van der Waals surface area contributed by atoms with Gasteiger partial charge in [0.2, 0.25) is 5.43 Å². The Bertz CT molecular complexity index is 1090. The third kappa shape index (κ3) is 5.20. The minimum atomic E-state index is -0.289. The van der Waals surface area contributed by atoms with Crippen molar-refractivity contribution in [2.75, 3.05) is 18.0 Å². The van der Waals surface area contributed by atoms with Crippen molar-refractivity contribution in [3.05, 3.63) is 111 Å². The average molecular weight is 400 g/mol. The smallest absolute Gasteiger partial charge is 0.258 e. The van der Waals surface area contributed by atoms with Gasteiger partial charge in [-0.3, -0.25) is 14.4 Å². The summed E-state index contributed by atoms with van der Waals surface area (Å²) in [6, 6.07) is 22.6. The molecule has 0 heterocycles. The Morgan fingerprint density at radius 2 is 1.33 bits per heavy atom. The van der Waals surface area contributed by atoms with Gasteiger partial charge in [-0.2, -0.15) is 0 Å². The molecule has 30 heavy (non-hydrogen) atoms. The van der Waals surface area contributed by atoms with Crippen LogP contribution in [0.3, 0.4) is 0 Å². The molecule has 0 saturated carbocycles. The Kier molecular flexibility index (Phi) is 6.75. The van der Waals surface area contributed by atoms with E-state index in [0.717, 1.165) is 11.1 Å². The summed E-state index contributed by atoms with van der Waals surface area (Å²) in [6.07, 6.45) is 0. The standard InChI is InChI=1S/C25H24N2O3/c1-18-8-12-20(13-9-18)24(29)26-16-17-27(22-6-4-3-5-7-23(22)28)25(30)21-14-10-19(2)11-15-21/h3-15H,16-17H2,1-2H3,(H,26,29). The van der Waals surface area contributed by atoms with Crippen molar-refractivity contribution in [2.24, 2.45) is 0 Å². The summed E-state index contributed by atoms with van der Waals surface area (Å²) in [5.41, 5.74) is 3.16. The SMILES string of the molecule is Cc1ccc(C(=O)NCCN(C(=O)c2ccc(C)cc2)c2cccccc2=O)cc1. The molecule has 0 spiro atoms. The first-order valence-electron chi connectivity index (χ1n) is 9.78. The highest BCUT2D eigenvalue weighted by Crippen LogP contribution is 2.13. The van der Waals surface area contributed by atoms with Crippen LogP contribution in [0.1, 0.15) is 31.8 Å². The van der Waals surface area contributed by atoms with E-state index in [1.807, 2.05) is 38.1 Å². The van der Waals surface area contributed by atoms with Crippen LogP contribution in [0.15, 0.2) is 83.7 Å². The second-order valence-corrected chi connectivity index (χ2v) is 7.10. The van der Waals surface area contributed by atoms with E-state index in [1.165, 1.54) is 11.0 Å².